The molecule has 3 aromatic carbocycles. The van der Waals surface area contributed by atoms with Gasteiger partial charge in [-0.05, 0) is 62.0 Å². The van der Waals surface area contributed by atoms with Crippen molar-refractivity contribution in [3.8, 4) is 5.75 Å². The Hall–Kier alpha value is -5.63. The highest BCUT2D eigenvalue weighted by Gasteiger charge is 2.28. The zero-order valence-electron chi connectivity index (χ0n) is 25.8. The molecule has 242 valence electrons. The summed E-state index contributed by atoms with van der Waals surface area (Å²) in [4.78, 5) is 40.5. The minimum atomic E-state index is -1.08. The van der Waals surface area contributed by atoms with Crippen LogP contribution in [0.4, 0.5) is 42.0 Å². The number of nitrogens with one attached hydrogen (secondary N) is 5. The van der Waals surface area contributed by atoms with Crippen LogP contribution < -0.4 is 30.6 Å². The fraction of sp³-hybridized carbons (Fsp3) is 0.212. The maximum absolute atomic E-state index is 15.1. The first-order valence-electron chi connectivity index (χ1n) is 14.7. The van der Waals surface area contributed by atoms with E-state index in [1.54, 1.807) is 17.2 Å². The molecule has 47 heavy (non-hydrogen) atoms. The highest BCUT2D eigenvalue weighted by Crippen LogP contribution is 2.38. The van der Waals surface area contributed by atoms with Gasteiger partial charge in [0.25, 0.3) is 5.91 Å². The first kappa shape index (κ1) is 31.4. The highest BCUT2D eigenvalue weighted by atomic mass is 19.1. The lowest BCUT2D eigenvalue weighted by molar-refractivity contribution is -0.333. The van der Waals surface area contributed by atoms with Crippen LogP contribution in [-0.2, 0) is 17.8 Å². The average molecular weight is 646 g/mol. The summed E-state index contributed by atoms with van der Waals surface area (Å²) in [6.45, 7) is 0.797. The predicted molar refractivity (Wildman–Crippen MR) is 171 cm³/mol. The van der Waals surface area contributed by atoms with Crippen molar-refractivity contribution in [2.45, 2.75) is 13.0 Å². The van der Waals surface area contributed by atoms with E-state index < -0.39 is 28.9 Å². The number of aromatic nitrogens is 3. The Morgan fingerprint density at radius 2 is 1.81 bits per heavy atom. The zero-order valence-corrected chi connectivity index (χ0v) is 25.8. The summed E-state index contributed by atoms with van der Waals surface area (Å²) in [7, 11) is 5.21. The van der Waals surface area contributed by atoms with E-state index in [1.165, 1.54) is 31.4 Å². The van der Waals surface area contributed by atoms with Crippen LogP contribution in [0.15, 0.2) is 60.8 Å². The molecule has 0 atom stereocenters. The number of H-pyrrole nitrogens is 2. The number of hydrogen-bond acceptors (Lipinski definition) is 7. The lowest BCUT2D eigenvalue weighted by Crippen LogP contribution is -2.36. The van der Waals surface area contributed by atoms with Gasteiger partial charge in [0.15, 0.2) is 5.75 Å². The quantitative estimate of drug-likeness (QED) is 0.174. The zero-order chi connectivity index (χ0) is 33.2. The van der Waals surface area contributed by atoms with Crippen molar-refractivity contribution in [3.63, 3.8) is 0 Å². The molecule has 0 aliphatic carbocycles. The van der Waals surface area contributed by atoms with Gasteiger partial charge in [0, 0.05) is 31.4 Å². The first-order chi connectivity index (χ1) is 22.6. The van der Waals surface area contributed by atoms with Crippen LogP contribution >= 0.6 is 0 Å². The average Bonchev–Trinajstić information content (AvgIpc) is 3.67. The van der Waals surface area contributed by atoms with Crippen molar-refractivity contribution >= 4 is 51.7 Å². The van der Waals surface area contributed by atoms with Gasteiger partial charge < -0.3 is 25.2 Å². The molecule has 0 saturated carbocycles. The van der Waals surface area contributed by atoms with Crippen molar-refractivity contribution < 1.29 is 32.5 Å². The number of amides is 2. The fourth-order valence-electron chi connectivity index (χ4n) is 5.47. The second kappa shape index (κ2) is 13.0. The number of carbonyl (C=O) groups is 2. The summed E-state index contributed by atoms with van der Waals surface area (Å²) in [5.41, 5.74) is 2.78. The number of fused-ring (bicyclic) bond motifs is 2. The van der Waals surface area contributed by atoms with E-state index in [-0.39, 0.29) is 36.5 Å². The number of ether oxygens (including phenoxy) is 1. The van der Waals surface area contributed by atoms with Crippen LogP contribution in [0.1, 0.15) is 21.5 Å². The third kappa shape index (κ3) is 6.67. The number of halogens is 3. The van der Waals surface area contributed by atoms with Crippen LogP contribution in [0.3, 0.4) is 0 Å². The Morgan fingerprint density at radius 1 is 1.02 bits per heavy atom. The first-order valence-corrected chi connectivity index (χ1v) is 14.7. The monoisotopic (exact) mass is 645 g/mol. The standard InChI is InChI=1S/C33H31F3N8O3/c1-43(2)17-28(45)44-11-9-19-12-27(47-3)24(15-26(19)44)40-33-41-30-22(8-10-37-30)31(42-33)39-25-14-21(35)13-23(36)29(25)32(46)38-16-18-4-6-20(34)7-5-18/h4-8,10,12-15H,9,11,16-17H2,1-3H3,(H,38,46)(H3,37,39,40,41,42)/p+1. The molecule has 0 radical (unpaired) electrons. The number of likely N-dealkylation sites (N-methyl/N-ethyl adjacent to an activating group) is 1. The molecule has 0 bridgehead atoms. The van der Waals surface area contributed by atoms with E-state index in [2.05, 4.69) is 30.9 Å². The van der Waals surface area contributed by atoms with Crippen LogP contribution in [-0.4, -0.2) is 61.0 Å². The molecule has 3 heterocycles. The van der Waals surface area contributed by atoms with Crippen molar-refractivity contribution in [2.24, 2.45) is 0 Å². The van der Waals surface area contributed by atoms with E-state index in [1.807, 2.05) is 31.1 Å². The summed E-state index contributed by atoms with van der Waals surface area (Å²) in [6, 6.07) is 12.5. The SMILES string of the molecule is COc1cc2c(cc1Nc1nc(Nc3cc(F)cc(F)c3C(=O)NCc3ccc(F)cc3)c3cc[nH]c3[nH+]1)N(C(=O)CN(C)C)CC2. The summed E-state index contributed by atoms with van der Waals surface area (Å²) < 4.78 is 48.6. The largest absolute Gasteiger partial charge is 0.493 e. The van der Waals surface area contributed by atoms with Gasteiger partial charge >= 0.3 is 5.95 Å². The van der Waals surface area contributed by atoms with Gasteiger partial charge in [-0.3, -0.25) is 19.9 Å². The molecule has 5 aromatic rings. The van der Waals surface area contributed by atoms with Gasteiger partial charge in [-0.25, -0.2) is 18.2 Å². The summed E-state index contributed by atoms with van der Waals surface area (Å²) in [5, 5.41) is 9.29. The molecule has 5 N–H and O–H groups in total. The Bertz CT molecular complexity index is 1980. The molecular weight excluding hydrogens is 613 g/mol. The number of hydrogen-bond donors (Lipinski definition) is 4. The molecule has 0 fully saturated rings. The number of methoxy groups -OCH3 is 1. The van der Waals surface area contributed by atoms with Gasteiger partial charge in [0.05, 0.1) is 36.0 Å². The molecule has 1 aliphatic rings. The predicted octanol–water partition coefficient (Wildman–Crippen LogP) is 4.67. The summed E-state index contributed by atoms with van der Waals surface area (Å²) >= 11 is 0. The molecule has 0 unspecified atom stereocenters. The molecule has 0 saturated heterocycles. The van der Waals surface area contributed by atoms with Gasteiger partial charge in [-0.1, -0.05) is 17.1 Å². The van der Waals surface area contributed by atoms with Crippen molar-refractivity contribution in [1.29, 1.82) is 0 Å². The maximum atomic E-state index is 15.1. The number of carbonyl (C=O) groups excluding carboxylic acids is 2. The summed E-state index contributed by atoms with van der Waals surface area (Å²) in [6.07, 6.45) is 2.34. The van der Waals surface area contributed by atoms with Crippen LogP contribution in [0.5, 0.6) is 5.75 Å². The van der Waals surface area contributed by atoms with Gasteiger partial charge in [-0.2, -0.15) is 0 Å². The summed E-state index contributed by atoms with van der Waals surface area (Å²) in [5.74, 6) is -2.32. The highest BCUT2D eigenvalue weighted by molar-refractivity contribution is 6.02. The molecule has 2 aromatic heterocycles. The van der Waals surface area contributed by atoms with E-state index in [0.29, 0.717) is 47.1 Å². The maximum Gasteiger partial charge on any atom is 0.351 e. The molecule has 2 amide bonds. The fourth-order valence-corrected chi connectivity index (χ4v) is 5.47. The minimum Gasteiger partial charge on any atom is -0.493 e. The third-order valence-corrected chi connectivity index (χ3v) is 7.67. The normalized spacial score (nSPS) is 12.4. The van der Waals surface area contributed by atoms with Crippen molar-refractivity contribution in [2.75, 3.05) is 49.8 Å². The Kier molecular flexibility index (Phi) is 8.68. The number of nitrogens with zero attached hydrogens (tertiary/aromatic N) is 3. The minimum absolute atomic E-state index is 0.00910. The van der Waals surface area contributed by atoms with Crippen molar-refractivity contribution in [1.82, 2.24) is 20.2 Å². The number of anilines is 5. The van der Waals surface area contributed by atoms with Crippen LogP contribution in [0.2, 0.25) is 0 Å². The van der Waals surface area contributed by atoms with Gasteiger partial charge in [0.1, 0.15) is 23.1 Å². The Labute approximate surface area is 267 Å². The Morgan fingerprint density at radius 3 is 2.55 bits per heavy atom. The van der Waals surface area contributed by atoms with E-state index in [0.717, 1.165) is 17.3 Å². The number of benzene rings is 3. The topological polar surface area (TPSA) is 129 Å². The molecule has 0 spiro atoms. The van der Waals surface area contributed by atoms with Crippen LogP contribution in [0.25, 0.3) is 11.0 Å². The molecular formula is C33H32F3N8O3+. The van der Waals surface area contributed by atoms with Gasteiger partial charge in [-0.15, -0.1) is 0 Å². The third-order valence-electron chi connectivity index (χ3n) is 7.67. The lowest BCUT2D eigenvalue weighted by Gasteiger charge is -2.20. The van der Waals surface area contributed by atoms with Gasteiger partial charge in [0.2, 0.25) is 17.4 Å². The Balaban J connectivity index is 1.32. The van der Waals surface area contributed by atoms with E-state index in [4.69, 9.17) is 4.74 Å². The lowest BCUT2D eigenvalue weighted by atomic mass is 10.1. The molecule has 11 nitrogen and oxygen atoms in total. The van der Waals surface area contributed by atoms with Crippen molar-refractivity contribution in [3.05, 3.63) is 94.9 Å². The van der Waals surface area contributed by atoms with Crippen LogP contribution in [0, 0.1) is 17.5 Å². The van der Waals surface area contributed by atoms with E-state index in [9.17, 15) is 18.4 Å². The number of aromatic amines is 2. The molecule has 14 heteroatoms. The van der Waals surface area contributed by atoms with E-state index >= 15 is 4.39 Å². The second-order valence-electron chi connectivity index (χ2n) is 11.3. The number of rotatable bonds is 10. The molecule has 1 aliphatic heterocycles. The second-order valence-corrected chi connectivity index (χ2v) is 11.3. The smallest absolute Gasteiger partial charge is 0.351 e. The molecule has 6 rings (SSSR count).